The monoisotopic (exact) mass is 210 g/mol. The molecule has 0 rings (SSSR count). The first-order valence-electron chi connectivity index (χ1n) is 4.77. The van der Waals surface area contributed by atoms with Crippen molar-refractivity contribution in [3.8, 4) is 0 Å². The number of aliphatic hydroxyl groups excluding tert-OH is 5. The second-order valence-corrected chi connectivity index (χ2v) is 3.09. The fourth-order valence-corrected chi connectivity index (χ4v) is 0.583. The predicted octanol–water partition coefficient (Wildman–Crippen LogP) is -1.14. The maximum atomic E-state index is 8.75. The zero-order valence-corrected chi connectivity index (χ0v) is 8.63. The van der Waals surface area contributed by atoms with Gasteiger partial charge in [-0.1, -0.05) is 0 Å². The second-order valence-electron chi connectivity index (χ2n) is 3.09. The molecule has 0 spiro atoms. The zero-order valence-electron chi connectivity index (χ0n) is 8.63. The quantitative estimate of drug-likeness (QED) is 0.357. The summed E-state index contributed by atoms with van der Waals surface area (Å²) in [4.78, 5) is 0. The Morgan fingerprint density at radius 1 is 0.929 bits per heavy atom. The minimum Gasteiger partial charge on any atom is -0.396 e. The molecule has 5 heteroatoms. The molecule has 0 saturated carbocycles. The molecule has 5 N–H and O–H groups in total. The fourth-order valence-electron chi connectivity index (χ4n) is 0.583. The summed E-state index contributed by atoms with van der Waals surface area (Å²) in [5.74, 6) is 0. The molecule has 0 aromatic heterocycles. The summed E-state index contributed by atoms with van der Waals surface area (Å²) < 4.78 is 0. The summed E-state index contributed by atoms with van der Waals surface area (Å²) in [7, 11) is 0. The topological polar surface area (TPSA) is 101 Å². The highest BCUT2D eigenvalue weighted by Crippen LogP contribution is 1.98. The molecule has 88 valence electrons. The summed E-state index contributed by atoms with van der Waals surface area (Å²) in [6.07, 6.45) is 0.901. The third-order valence-electron chi connectivity index (χ3n) is 1.42. The van der Waals surface area contributed by atoms with Crippen molar-refractivity contribution >= 4 is 0 Å². The van der Waals surface area contributed by atoms with Gasteiger partial charge in [0.2, 0.25) is 0 Å². The van der Waals surface area contributed by atoms with Crippen LogP contribution in [0.1, 0.15) is 26.2 Å². The van der Waals surface area contributed by atoms with Crippen LogP contribution in [-0.2, 0) is 0 Å². The van der Waals surface area contributed by atoms with Gasteiger partial charge in [-0.25, -0.2) is 0 Å². The van der Waals surface area contributed by atoms with E-state index in [0.29, 0.717) is 12.8 Å². The van der Waals surface area contributed by atoms with Crippen LogP contribution < -0.4 is 0 Å². The van der Waals surface area contributed by atoms with Crippen LogP contribution in [0.5, 0.6) is 0 Å². The van der Waals surface area contributed by atoms with Crippen molar-refractivity contribution < 1.29 is 25.5 Å². The lowest BCUT2D eigenvalue weighted by Crippen LogP contribution is -2.11. The number of hydrogen-bond donors (Lipinski definition) is 5. The second kappa shape index (κ2) is 12.8. The van der Waals surface area contributed by atoms with Gasteiger partial charge in [0.05, 0.1) is 25.4 Å². The summed E-state index contributed by atoms with van der Waals surface area (Å²) in [5, 5.41) is 41.4. The first kappa shape index (κ1) is 16.2. The average Bonchev–Trinajstić information content (AvgIpc) is 2.19. The van der Waals surface area contributed by atoms with Gasteiger partial charge in [0.15, 0.2) is 0 Å². The number of rotatable bonds is 6. The highest BCUT2D eigenvalue weighted by Gasteiger charge is 1.99. The van der Waals surface area contributed by atoms with Gasteiger partial charge in [0.1, 0.15) is 0 Å². The molecular formula is C9H22O5. The lowest BCUT2D eigenvalue weighted by atomic mass is 10.2. The third kappa shape index (κ3) is 17.8. The van der Waals surface area contributed by atoms with Crippen LogP contribution in [0.15, 0.2) is 0 Å². The van der Waals surface area contributed by atoms with Gasteiger partial charge in [-0.05, 0) is 26.2 Å². The standard InChI is InChI=1S/C6H14O3.C3H8O2/c7-4-2-1-3-6(9)5-8;1-3(5)2-4/h6-9H,1-5H2;3-5H,2H2,1H3. The van der Waals surface area contributed by atoms with E-state index in [1.54, 1.807) is 0 Å². The number of hydrogen-bond acceptors (Lipinski definition) is 5. The Hall–Kier alpha value is -0.200. The lowest BCUT2D eigenvalue weighted by molar-refractivity contribution is 0.0848. The molecular weight excluding hydrogens is 188 g/mol. The minimum atomic E-state index is -0.600. The van der Waals surface area contributed by atoms with E-state index in [1.165, 1.54) is 6.92 Å². The van der Waals surface area contributed by atoms with Gasteiger partial charge >= 0.3 is 0 Å². The highest BCUT2D eigenvalue weighted by molar-refractivity contribution is 4.51. The molecule has 0 aliphatic carbocycles. The van der Waals surface area contributed by atoms with E-state index in [0.717, 1.165) is 6.42 Å². The van der Waals surface area contributed by atoms with Crippen molar-refractivity contribution in [2.75, 3.05) is 19.8 Å². The van der Waals surface area contributed by atoms with Crippen LogP contribution in [0, 0.1) is 0 Å². The van der Waals surface area contributed by atoms with Crippen LogP contribution in [0.2, 0.25) is 0 Å². The molecule has 0 amide bonds. The maximum absolute atomic E-state index is 8.75. The molecule has 0 fully saturated rings. The Bertz CT molecular complexity index is 97.2. The minimum absolute atomic E-state index is 0.139. The van der Waals surface area contributed by atoms with Gasteiger partial charge < -0.3 is 25.5 Å². The van der Waals surface area contributed by atoms with E-state index < -0.39 is 12.2 Å². The Labute approximate surface area is 84.6 Å². The smallest absolute Gasteiger partial charge is 0.0771 e. The van der Waals surface area contributed by atoms with Crippen LogP contribution in [0.25, 0.3) is 0 Å². The first-order valence-corrected chi connectivity index (χ1v) is 4.77. The molecule has 0 heterocycles. The van der Waals surface area contributed by atoms with E-state index in [9.17, 15) is 0 Å². The summed E-state index contributed by atoms with van der Waals surface area (Å²) >= 11 is 0. The van der Waals surface area contributed by atoms with Gasteiger partial charge in [-0.2, -0.15) is 0 Å². The van der Waals surface area contributed by atoms with Crippen LogP contribution in [-0.4, -0.2) is 57.6 Å². The van der Waals surface area contributed by atoms with E-state index in [1.807, 2.05) is 0 Å². The first-order chi connectivity index (χ1) is 6.58. The van der Waals surface area contributed by atoms with Crippen LogP contribution in [0.4, 0.5) is 0 Å². The van der Waals surface area contributed by atoms with Crippen molar-refractivity contribution in [2.45, 2.75) is 38.4 Å². The molecule has 0 radical (unpaired) electrons. The Morgan fingerprint density at radius 2 is 1.43 bits per heavy atom. The molecule has 2 unspecified atom stereocenters. The normalized spacial score (nSPS) is 14.1. The molecule has 14 heavy (non-hydrogen) atoms. The van der Waals surface area contributed by atoms with Gasteiger partial charge in [0, 0.05) is 6.61 Å². The molecule has 5 nitrogen and oxygen atoms in total. The van der Waals surface area contributed by atoms with Gasteiger partial charge in [-0.15, -0.1) is 0 Å². The van der Waals surface area contributed by atoms with Crippen molar-refractivity contribution in [2.24, 2.45) is 0 Å². The van der Waals surface area contributed by atoms with Crippen molar-refractivity contribution in [1.29, 1.82) is 0 Å². The molecule has 0 aliphatic rings. The van der Waals surface area contributed by atoms with E-state index in [4.69, 9.17) is 25.5 Å². The molecule has 0 aromatic rings. The summed E-state index contributed by atoms with van der Waals surface area (Å²) in [6.45, 7) is 1.38. The van der Waals surface area contributed by atoms with E-state index in [2.05, 4.69) is 0 Å². The SMILES string of the molecule is CC(O)CO.OCCCCC(O)CO. The summed E-state index contributed by atoms with van der Waals surface area (Å²) in [6, 6.07) is 0. The van der Waals surface area contributed by atoms with Crippen molar-refractivity contribution in [1.82, 2.24) is 0 Å². The fraction of sp³-hybridized carbons (Fsp3) is 1.00. The highest BCUT2D eigenvalue weighted by atomic mass is 16.3. The van der Waals surface area contributed by atoms with Gasteiger partial charge in [-0.3, -0.25) is 0 Å². The van der Waals surface area contributed by atoms with Crippen LogP contribution >= 0.6 is 0 Å². The van der Waals surface area contributed by atoms with Crippen molar-refractivity contribution in [3.05, 3.63) is 0 Å². The van der Waals surface area contributed by atoms with Crippen LogP contribution in [0.3, 0.4) is 0 Å². The molecule has 2 atom stereocenters. The largest absolute Gasteiger partial charge is 0.396 e. The average molecular weight is 210 g/mol. The maximum Gasteiger partial charge on any atom is 0.0771 e. The molecule has 0 bridgehead atoms. The Kier molecular flexibility index (Phi) is 14.8. The van der Waals surface area contributed by atoms with Crippen molar-refractivity contribution in [3.63, 3.8) is 0 Å². The zero-order chi connectivity index (χ0) is 11.4. The molecule has 0 saturated heterocycles. The Morgan fingerprint density at radius 3 is 1.71 bits per heavy atom. The molecule has 0 aromatic carbocycles. The summed E-state index contributed by atoms with van der Waals surface area (Å²) in [5.41, 5.74) is 0. The van der Waals surface area contributed by atoms with Gasteiger partial charge in [0.25, 0.3) is 0 Å². The number of aliphatic hydroxyl groups is 5. The number of unbranched alkanes of at least 4 members (excludes halogenated alkanes) is 1. The third-order valence-corrected chi connectivity index (χ3v) is 1.42. The Balaban J connectivity index is 0. The molecule has 0 aliphatic heterocycles. The predicted molar refractivity (Wildman–Crippen MR) is 52.8 cm³/mol. The van der Waals surface area contributed by atoms with E-state index in [-0.39, 0.29) is 19.8 Å². The van der Waals surface area contributed by atoms with E-state index >= 15 is 0 Å². The lowest BCUT2D eigenvalue weighted by Gasteiger charge is -2.03.